The molecule has 8 heteroatoms. The molecule has 3 saturated heterocycles. The molecular formula is C24H41N3O5. The van der Waals surface area contributed by atoms with Crippen molar-refractivity contribution >= 4 is 17.7 Å². The zero-order valence-electron chi connectivity index (χ0n) is 20.1. The van der Waals surface area contributed by atoms with Crippen molar-refractivity contribution in [3.05, 3.63) is 0 Å². The van der Waals surface area contributed by atoms with Crippen LogP contribution in [0.2, 0.25) is 0 Å². The molecule has 3 N–H and O–H groups in total. The first kappa shape index (κ1) is 25.0. The minimum Gasteiger partial charge on any atom is -0.394 e. The lowest BCUT2D eigenvalue weighted by molar-refractivity contribution is -0.151. The Morgan fingerprint density at radius 3 is 2.41 bits per heavy atom. The molecule has 2 unspecified atom stereocenters. The van der Waals surface area contributed by atoms with Gasteiger partial charge in [0, 0.05) is 13.1 Å². The molecule has 3 aliphatic rings. The Morgan fingerprint density at radius 2 is 1.81 bits per heavy atom. The predicted octanol–water partition coefficient (Wildman–Crippen LogP) is 1.74. The molecule has 3 heterocycles. The number of carbonyl (C=O) groups excluding carboxylic acids is 3. The van der Waals surface area contributed by atoms with Crippen LogP contribution in [0.4, 0.5) is 0 Å². The number of amides is 3. The Kier molecular flexibility index (Phi) is 7.86. The van der Waals surface area contributed by atoms with Crippen molar-refractivity contribution in [2.24, 2.45) is 11.8 Å². The third-order valence-corrected chi connectivity index (χ3v) is 7.85. The molecule has 6 atom stereocenters. The molecule has 0 aromatic rings. The summed E-state index contributed by atoms with van der Waals surface area (Å²) >= 11 is 0. The highest BCUT2D eigenvalue weighted by atomic mass is 16.5. The van der Waals surface area contributed by atoms with Crippen molar-refractivity contribution in [2.75, 3.05) is 19.7 Å². The minimum atomic E-state index is -1.02. The second-order valence-corrected chi connectivity index (χ2v) is 9.61. The fourth-order valence-corrected chi connectivity index (χ4v) is 6.20. The fraction of sp³-hybridized carbons (Fsp3) is 0.875. The summed E-state index contributed by atoms with van der Waals surface area (Å²) in [7, 11) is 0. The predicted molar refractivity (Wildman–Crippen MR) is 121 cm³/mol. The summed E-state index contributed by atoms with van der Waals surface area (Å²) in [6, 6.07) is -1.30. The summed E-state index contributed by atoms with van der Waals surface area (Å²) < 4.78 is 6.67. The molecule has 3 fully saturated rings. The van der Waals surface area contributed by atoms with Gasteiger partial charge in [0.2, 0.25) is 17.7 Å². The van der Waals surface area contributed by atoms with E-state index < -0.39 is 35.1 Å². The molecule has 3 aliphatic heterocycles. The number of nitrogens with zero attached hydrogens (tertiary/aromatic N) is 1. The van der Waals surface area contributed by atoms with E-state index in [2.05, 4.69) is 17.6 Å². The van der Waals surface area contributed by atoms with E-state index in [4.69, 9.17) is 4.74 Å². The summed E-state index contributed by atoms with van der Waals surface area (Å²) in [6.45, 7) is 8.84. The van der Waals surface area contributed by atoms with Crippen molar-refractivity contribution in [3.8, 4) is 0 Å². The lowest BCUT2D eigenvalue weighted by atomic mass is 9.65. The van der Waals surface area contributed by atoms with E-state index in [1.54, 1.807) is 4.90 Å². The van der Waals surface area contributed by atoms with Gasteiger partial charge in [-0.15, -0.1) is 0 Å². The molecule has 0 aromatic heterocycles. The molecule has 182 valence electrons. The number of hydrogen-bond acceptors (Lipinski definition) is 5. The lowest BCUT2D eigenvalue weighted by Gasteiger charge is -2.37. The van der Waals surface area contributed by atoms with Gasteiger partial charge in [-0.05, 0) is 38.5 Å². The van der Waals surface area contributed by atoms with Gasteiger partial charge in [0.1, 0.15) is 11.6 Å². The van der Waals surface area contributed by atoms with Crippen molar-refractivity contribution in [3.63, 3.8) is 0 Å². The SMILES string of the molecule is CCCCCNC(=O)C1N([C@@H](CC)CO)C(=O)[C@@H]2[C@@H](C(=O)NCCC)[C@@]3(CC)CCC12O3. The van der Waals surface area contributed by atoms with Gasteiger partial charge < -0.3 is 25.4 Å². The van der Waals surface area contributed by atoms with Crippen LogP contribution in [0.25, 0.3) is 0 Å². The standard InChI is InChI=1S/C24H41N3O5/c1-5-9-10-14-26-21(30)19-24-12-11-23(8-4,32-24)17(20(29)25-13-6-2)18(24)22(31)27(19)16(7-3)15-28/h16-19,28H,5-15H2,1-4H3,(H,25,29)(H,26,30)/t16-,17-,18-,19?,23+,24?/m0/s1. The van der Waals surface area contributed by atoms with E-state index in [0.717, 1.165) is 25.7 Å². The highest BCUT2D eigenvalue weighted by Gasteiger charge is 2.78. The number of aliphatic hydroxyl groups is 1. The maximum absolute atomic E-state index is 13.8. The molecule has 0 aliphatic carbocycles. The van der Waals surface area contributed by atoms with Crippen LogP contribution in [0.5, 0.6) is 0 Å². The number of likely N-dealkylation sites (tertiary alicyclic amines) is 1. The van der Waals surface area contributed by atoms with E-state index in [9.17, 15) is 19.5 Å². The topological polar surface area (TPSA) is 108 Å². The first-order valence-electron chi connectivity index (χ1n) is 12.6. The van der Waals surface area contributed by atoms with Gasteiger partial charge in [-0.25, -0.2) is 0 Å². The average molecular weight is 452 g/mol. The first-order chi connectivity index (χ1) is 15.4. The molecule has 1 spiro atoms. The number of nitrogens with one attached hydrogen (secondary N) is 2. The van der Waals surface area contributed by atoms with Crippen molar-refractivity contribution < 1.29 is 24.2 Å². The number of carbonyl (C=O) groups is 3. The summed E-state index contributed by atoms with van der Waals surface area (Å²) in [5.74, 6) is -1.93. The number of ether oxygens (including phenoxy) is 1. The van der Waals surface area contributed by atoms with Crippen LogP contribution in [0.1, 0.15) is 79.1 Å². The van der Waals surface area contributed by atoms with Crippen molar-refractivity contribution in [1.82, 2.24) is 15.5 Å². The van der Waals surface area contributed by atoms with E-state index in [0.29, 0.717) is 38.8 Å². The van der Waals surface area contributed by atoms with Gasteiger partial charge in [-0.1, -0.05) is 40.5 Å². The molecule has 3 amide bonds. The Morgan fingerprint density at radius 1 is 1.09 bits per heavy atom. The second-order valence-electron chi connectivity index (χ2n) is 9.61. The molecule has 8 nitrogen and oxygen atoms in total. The van der Waals surface area contributed by atoms with Crippen LogP contribution in [0.3, 0.4) is 0 Å². The monoisotopic (exact) mass is 451 g/mol. The number of rotatable bonds is 12. The summed E-state index contributed by atoms with van der Waals surface area (Å²) in [5, 5.41) is 16.0. The molecule has 3 rings (SSSR count). The minimum absolute atomic E-state index is 0.158. The normalized spacial score (nSPS) is 34.0. The fourth-order valence-electron chi connectivity index (χ4n) is 6.20. The average Bonchev–Trinajstić information content (AvgIpc) is 3.40. The summed E-state index contributed by atoms with van der Waals surface area (Å²) in [6.07, 6.45) is 6.11. The van der Waals surface area contributed by atoms with Crippen LogP contribution in [-0.4, -0.2) is 70.7 Å². The molecule has 2 bridgehead atoms. The quantitative estimate of drug-likeness (QED) is 0.392. The van der Waals surface area contributed by atoms with Crippen LogP contribution >= 0.6 is 0 Å². The molecule has 0 saturated carbocycles. The first-order valence-corrected chi connectivity index (χ1v) is 12.6. The molecular weight excluding hydrogens is 410 g/mol. The Balaban J connectivity index is 1.99. The zero-order valence-corrected chi connectivity index (χ0v) is 20.1. The zero-order chi connectivity index (χ0) is 23.5. The third kappa shape index (κ3) is 3.83. The van der Waals surface area contributed by atoms with Gasteiger partial charge in [0.15, 0.2) is 0 Å². The summed E-state index contributed by atoms with van der Waals surface area (Å²) in [5.41, 5.74) is -1.73. The molecule has 0 aromatic carbocycles. The lowest BCUT2D eigenvalue weighted by Crippen LogP contribution is -2.58. The maximum atomic E-state index is 13.8. The van der Waals surface area contributed by atoms with E-state index >= 15 is 0 Å². The highest BCUT2D eigenvalue weighted by Crippen LogP contribution is 2.64. The summed E-state index contributed by atoms with van der Waals surface area (Å²) in [4.78, 5) is 42.2. The second kappa shape index (κ2) is 10.1. The van der Waals surface area contributed by atoms with Crippen molar-refractivity contribution in [2.45, 2.75) is 102 Å². The van der Waals surface area contributed by atoms with Gasteiger partial charge in [-0.2, -0.15) is 0 Å². The van der Waals surface area contributed by atoms with E-state index in [1.165, 1.54) is 0 Å². The van der Waals surface area contributed by atoms with Crippen molar-refractivity contribution in [1.29, 1.82) is 0 Å². The number of unbranched alkanes of at least 4 members (excludes halogenated alkanes) is 2. The Bertz CT molecular complexity index is 712. The van der Waals surface area contributed by atoms with E-state index in [1.807, 2.05) is 20.8 Å². The smallest absolute Gasteiger partial charge is 0.245 e. The van der Waals surface area contributed by atoms with Crippen LogP contribution in [-0.2, 0) is 19.1 Å². The Labute approximate surface area is 191 Å². The van der Waals surface area contributed by atoms with Crippen LogP contribution in [0, 0.1) is 11.8 Å². The molecule has 0 radical (unpaired) electrons. The maximum Gasteiger partial charge on any atom is 0.245 e. The Hall–Kier alpha value is -1.67. The largest absolute Gasteiger partial charge is 0.394 e. The van der Waals surface area contributed by atoms with Gasteiger partial charge in [-0.3, -0.25) is 14.4 Å². The van der Waals surface area contributed by atoms with E-state index in [-0.39, 0.29) is 24.3 Å². The van der Waals surface area contributed by atoms with Gasteiger partial charge in [0.05, 0.1) is 30.1 Å². The third-order valence-electron chi connectivity index (χ3n) is 7.85. The number of hydrogen-bond donors (Lipinski definition) is 3. The number of fused-ring (bicyclic) bond motifs is 1. The number of aliphatic hydroxyl groups excluding tert-OH is 1. The van der Waals surface area contributed by atoms with Gasteiger partial charge >= 0.3 is 0 Å². The van der Waals surface area contributed by atoms with Gasteiger partial charge in [0.25, 0.3) is 0 Å². The van der Waals surface area contributed by atoms with Crippen LogP contribution in [0.15, 0.2) is 0 Å². The highest BCUT2D eigenvalue weighted by molar-refractivity contribution is 5.99. The molecule has 32 heavy (non-hydrogen) atoms. The van der Waals surface area contributed by atoms with Crippen LogP contribution < -0.4 is 10.6 Å².